The van der Waals surface area contributed by atoms with Crippen LogP contribution in [0.25, 0.3) is 0 Å². The normalized spacial score (nSPS) is 11.6. The zero-order valence-corrected chi connectivity index (χ0v) is 16.3. The van der Waals surface area contributed by atoms with E-state index in [-0.39, 0.29) is 11.9 Å². The Hall–Kier alpha value is -2.55. The van der Waals surface area contributed by atoms with Crippen molar-refractivity contribution < 1.29 is 14.3 Å². The van der Waals surface area contributed by atoms with E-state index in [0.29, 0.717) is 11.3 Å². The number of esters is 1. The summed E-state index contributed by atoms with van der Waals surface area (Å²) in [5.41, 5.74) is 3.81. The van der Waals surface area contributed by atoms with Gasteiger partial charge in [0, 0.05) is 5.56 Å². The lowest BCUT2D eigenvalue weighted by Gasteiger charge is -2.18. The molecule has 0 N–H and O–H groups in total. The van der Waals surface area contributed by atoms with Crippen molar-refractivity contribution in [3.05, 3.63) is 70.8 Å². The van der Waals surface area contributed by atoms with Crippen LogP contribution >= 0.6 is 0 Å². The van der Waals surface area contributed by atoms with E-state index in [4.69, 9.17) is 9.47 Å². The van der Waals surface area contributed by atoms with Crippen LogP contribution in [-0.4, -0.2) is 13.1 Å². The summed E-state index contributed by atoms with van der Waals surface area (Å²) in [5.74, 6) is 1.34. The number of rotatable bonds is 7. The van der Waals surface area contributed by atoms with Gasteiger partial charge in [0.15, 0.2) is 0 Å². The highest BCUT2D eigenvalue weighted by molar-refractivity contribution is 5.91. The number of ether oxygens (including phenoxy) is 2. The van der Waals surface area contributed by atoms with Gasteiger partial charge in [-0.2, -0.15) is 0 Å². The van der Waals surface area contributed by atoms with Crippen LogP contribution in [0.5, 0.6) is 11.5 Å². The van der Waals surface area contributed by atoms with Crippen LogP contribution in [-0.2, 0) is 0 Å². The van der Waals surface area contributed by atoms with E-state index in [2.05, 4.69) is 26.8 Å². The largest absolute Gasteiger partial charge is 0.496 e. The molecule has 138 valence electrons. The van der Waals surface area contributed by atoms with Gasteiger partial charge in [0.2, 0.25) is 0 Å². The average molecular weight is 352 g/mol. The molecule has 3 nitrogen and oxygen atoms in total. The van der Waals surface area contributed by atoms with Crippen LogP contribution in [0.2, 0.25) is 0 Å². The summed E-state index contributed by atoms with van der Waals surface area (Å²) in [5, 5.41) is 0. The summed E-state index contributed by atoms with van der Waals surface area (Å²) in [6, 6.07) is 13.0. The van der Waals surface area contributed by atoms with Crippen molar-refractivity contribution in [3.63, 3.8) is 0 Å². The van der Waals surface area contributed by atoms with Gasteiger partial charge in [-0.05, 0) is 69.4 Å². The zero-order chi connectivity index (χ0) is 19.1. The number of hydrogen-bond acceptors (Lipinski definition) is 3. The van der Waals surface area contributed by atoms with Gasteiger partial charge in [0.1, 0.15) is 11.5 Å². The lowest BCUT2D eigenvalue weighted by molar-refractivity contribution is 0.0732. The molecule has 0 spiro atoms. The van der Waals surface area contributed by atoms with Gasteiger partial charge in [0.05, 0.1) is 12.7 Å². The first-order valence-corrected chi connectivity index (χ1v) is 9.01. The number of methoxy groups -OCH3 is 1. The van der Waals surface area contributed by atoms with E-state index < -0.39 is 0 Å². The lowest BCUT2D eigenvalue weighted by atomic mass is 9.93. The van der Waals surface area contributed by atoms with E-state index in [9.17, 15) is 4.79 Å². The fraction of sp³-hybridized carbons (Fsp3) is 0.348. The van der Waals surface area contributed by atoms with Crippen LogP contribution in [0.3, 0.4) is 0 Å². The highest BCUT2D eigenvalue weighted by Gasteiger charge is 2.18. The topological polar surface area (TPSA) is 35.5 Å². The fourth-order valence-electron chi connectivity index (χ4n) is 2.88. The SMILES string of the molecule is COc1cc([C@H](C)CCC=C(C)C)c(OC(=O)c2ccccc2)cc1C. The molecule has 0 bridgehead atoms. The quantitative estimate of drug-likeness (QED) is 0.344. The van der Waals surface area contributed by atoms with E-state index >= 15 is 0 Å². The van der Waals surface area contributed by atoms with Gasteiger partial charge in [0.25, 0.3) is 0 Å². The molecule has 0 heterocycles. The highest BCUT2D eigenvalue weighted by atomic mass is 16.5. The Morgan fingerprint density at radius 1 is 1.12 bits per heavy atom. The van der Waals surface area contributed by atoms with Crippen molar-refractivity contribution in [2.75, 3.05) is 7.11 Å². The Kier molecular flexibility index (Phi) is 7.02. The van der Waals surface area contributed by atoms with E-state index in [1.54, 1.807) is 19.2 Å². The minimum atomic E-state index is -0.340. The maximum Gasteiger partial charge on any atom is 0.343 e. The van der Waals surface area contributed by atoms with Crippen LogP contribution in [0.4, 0.5) is 0 Å². The predicted molar refractivity (Wildman–Crippen MR) is 106 cm³/mol. The molecule has 1 atom stereocenters. The molecule has 0 fully saturated rings. The number of allylic oxidation sites excluding steroid dienone is 2. The molecular weight excluding hydrogens is 324 g/mol. The number of benzene rings is 2. The molecule has 0 radical (unpaired) electrons. The molecular formula is C23H28O3. The number of carbonyl (C=O) groups is 1. The van der Waals surface area contributed by atoms with Crippen LogP contribution < -0.4 is 9.47 Å². The highest BCUT2D eigenvalue weighted by Crippen LogP contribution is 2.36. The van der Waals surface area contributed by atoms with Gasteiger partial charge in [-0.1, -0.05) is 36.8 Å². The predicted octanol–water partition coefficient (Wildman–Crippen LogP) is 6.07. The molecule has 2 aromatic rings. The Morgan fingerprint density at radius 2 is 1.81 bits per heavy atom. The first-order valence-electron chi connectivity index (χ1n) is 9.01. The molecule has 0 amide bonds. The van der Waals surface area contributed by atoms with Crippen molar-refractivity contribution in [1.29, 1.82) is 0 Å². The van der Waals surface area contributed by atoms with Crippen LogP contribution in [0.15, 0.2) is 54.1 Å². The van der Waals surface area contributed by atoms with Crippen molar-refractivity contribution in [3.8, 4) is 11.5 Å². The molecule has 0 aliphatic carbocycles. The minimum absolute atomic E-state index is 0.249. The second kappa shape index (κ2) is 9.23. The van der Waals surface area contributed by atoms with Crippen molar-refractivity contribution in [1.82, 2.24) is 0 Å². The summed E-state index contributed by atoms with van der Waals surface area (Å²) in [6.45, 7) is 8.32. The Balaban J connectivity index is 2.30. The maximum absolute atomic E-state index is 12.5. The third kappa shape index (κ3) is 5.22. The molecule has 26 heavy (non-hydrogen) atoms. The van der Waals surface area contributed by atoms with Crippen molar-refractivity contribution in [2.45, 2.75) is 46.5 Å². The molecule has 0 saturated heterocycles. The summed E-state index contributed by atoms with van der Waals surface area (Å²) < 4.78 is 11.2. The Labute approximate surface area is 156 Å². The monoisotopic (exact) mass is 352 g/mol. The standard InChI is InChI=1S/C23H28O3/c1-16(2)10-9-11-17(3)20-15-21(25-5)18(4)14-22(20)26-23(24)19-12-7-6-8-13-19/h6-8,10,12-15,17H,9,11H2,1-5H3/t17-/m1/s1. The van der Waals surface area contributed by atoms with E-state index in [1.165, 1.54) is 5.57 Å². The third-order valence-corrected chi connectivity index (χ3v) is 4.42. The minimum Gasteiger partial charge on any atom is -0.496 e. The number of aryl methyl sites for hydroxylation is 1. The Bertz CT molecular complexity index is 772. The van der Waals surface area contributed by atoms with Crippen molar-refractivity contribution >= 4 is 5.97 Å². The fourth-order valence-corrected chi connectivity index (χ4v) is 2.88. The average Bonchev–Trinajstić information content (AvgIpc) is 2.62. The number of hydrogen-bond donors (Lipinski definition) is 0. The number of carbonyl (C=O) groups excluding carboxylic acids is 1. The molecule has 2 aromatic carbocycles. The molecule has 2 rings (SSSR count). The van der Waals surface area contributed by atoms with Gasteiger partial charge < -0.3 is 9.47 Å². The smallest absolute Gasteiger partial charge is 0.343 e. The second-order valence-corrected chi connectivity index (χ2v) is 6.88. The molecule has 0 saturated carbocycles. The maximum atomic E-state index is 12.5. The van der Waals surface area contributed by atoms with Gasteiger partial charge in [-0.3, -0.25) is 0 Å². The molecule has 3 heteroatoms. The van der Waals surface area contributed by atoms with E-state index in [1.807, 2.05) is 37.3 Å². The molecule has 0 aliphatic heterocycles. The summed E-state index contributed by atoms with van der Waals surface area (Å²) in [7, 11) is 1.66. The zero-order valence-electron chi connectivity index (χ0n) is 16.3. The second-order valence-electron chi connectivity index (χ2n) is 6.88. The molecule has 0 aromatic heterocycles. The van der Waals surface area contributed by atoms with Crippen LogP contribution in [0.1, 0.15) is 61.0 Å². The van der Waals surface area contributed by atoms with Gasteiger partial charge >= 0.3 is 5.97 Å². The van der Waals surface area contributed by atoms with Gasteiger partial charge in [-0.25, -0.2) is 4.79 Å². The van der Waals surface area contributed by atoms with E-state index in [0.717, 1.165) is 29.7 Å². The lowest BCUT2D eigenvalue weighted by Crippen LogP contribution is -2.11. The first-order chi connectivity index (χ1) is 12.4. The van der Waals surface area contributed by atoms with Gasteiger partial charge in [-0.15, -0.1) is 0 Å². The van der Waals surface area contributed by atoms with Crippen LogP contribution in [0, 0.1) is 6.92 Å². The third-order valence-electron chi connectivity index (χ3n) is 4.42. The van der Waals surface area contributed by atoms with Crippen molar-refractivity contribution in [2.24, 2.45) is 0 Å². The summed E-state index contributed by atoms with van der Waals surface area (Å²) in [6.07, 6.45) is 4.20. The summed E-state index contributed by atoms with van der Waals surface area (Å²) in [4.78, 5) is 12.5. The molecule has 0 aliphatic rings. The summed E-state index contributed by atoms with van der Waals surface area (Å²) >= 11 is 0. The Morgan fingerprint density at radius 3 is 2.42 bits per heavy atom. The molecule has 0 unspecified atom stereocenters. The first kappa shape index (κ1) is 19.8.